The first-order valence-electron chi connectivity index (χ1n) is 11.3. The Hall–Kier alpha value is -4.62. The third-order valence-electron chi connectivity index (χ3n) is 5.02. The van der Waals surface area contributed by atoms with Gasteiger partial charge < -0.3 is 14.2 Å². The number of nitrogens with one attached hydrogen (secondary N) is 1. The van der Waals surface area contributed by atoms with Gasteiger partial charge in [-0.3, -0.25) is 4.79 Å². The van der Waals surface area contributed by atoms with Gasteiger partial charge in [-0.05, 0) is 83.9 Å². The van der Waals surface area contributed by atoms with Crippen LogP contribution in [-0.2, 0) is 11.4 Å². The van der Waals surface area contributed by atoms with Gasteiger partial charge in [0, 0.05) is 5.02 Å². The number of ether oxygens (including phenoxy) is 3. The second-order valence-electron chi connectivity index (χ2n) is 7.79. The predicted octanol–water partition coefficient (Wildman–Crippen LogP) is 5.67. The standard InChI is InChI=1S/C29H23ClN2O5/c30-24-10-8-23(9-11-24)29(34)37-27-12-6-21(7-13-27)18-31-32-28(33)20-36-26-16-14-25(15-17-26)35-19-22-4-2-1-3-5-22/h1-18H,19-20H2,(H,32,33)/b31-18-. The maximum absolute atomic E-state index is 12.2. The Kier molecular flexibility index (Phi) is 8.88. The van der Waals surface area contributed by atoms with Crippen molar-refractivity contribution in [2.45, 2.75) is 6.61 Å². The van der Waals surface area contributed by atoms with E-state index in [0.29, 0.717) is 40.0 Å². The molecule has 0 saturated carbocycles. The SMILES string of the molecule is O=C(COc1ccc(OCc2ccccc2)cc1)N/N=C\c1ccc(OC(=O)c2ccc(Cl)cc2)cc1. The Morgan fingerprint density at radius 1 is 0.757 bits per heavy atom. The summed E-state index contributed by atoms with van der Waals surface area (Å²) in [5, 5.41) is 4.46. The first-order chi connectivity index (χ1) is 18.0. The highest BCUT2D eigenvalue weighted by Gasteiger charge is 2.08. The molecule has 8 heteroatoms. The summed E-state index contributed by atoms with van der Waals surface area (Å²) >= 11 is 5.83. The molecular weight excluding hydrogens is 492 g/mol. The fourth-order valence-corrected chi connectivity index (χ4v) is 3.23. The van der Waals surface area contributed by atoms with Gasteiger partial charge in [0.25, 0.3) is 5.91 Å². The van der Waals surface area contributed by atoms with Crippen LogP contribution in [0.4, 0.5) is 0 Å². The van der Waals surface area contributed by atoms with Crippen molar-refractivity contribution in [3.63, 3.8) is 0 Å². The van der Waals surface area contributed by atoms with E-state index >= 15 is 0 Å². The molecule has 0 unspecified atom stereocenters. The summed E-state index contributed by atoms with van der Waals surface area (Å²) in [7, 11) is 0. The summed E-state index contributed by atoms with van der Waals surface area (Å²) in [6.07, 6.45) is 1.47. The average Bonchev–Trinajstić information content (AvgIpc) is 2.93. The van der Waals surface area contributed by atoms with Crippen LogP contribution < -0.4 is 19.6 Å². The van der Waals surface area contributed by atoms with Crippen LogP contribution in [0.25, 0.3) is 0 Å². The molecule has 4 aromatic rings. The molecule has 0 heterocycles. The van der Waals surface area contributed by atoms with Crippen LogP contribution in [0.3, 0.4) is 0 Å². The molecule has 0 fully saturated rings. The van der Waals surface area contributed by atoms with Gasteiger partial charge in [0.1, 0.15) is 23.9 Å². The smallest absolute Gasteiger partial charge is 0.343 e. The summed E-state index contributed by atoms with van der Waals surface area (Å²) in [6.45, 7) is 0.278. The van der Waals surface area contributed by atoms with Crippen LogP contribution in [0.5, 0.6) is 17.2 Å². The Labute approximate surface area is 219 Å². The topological polar surface area (TPSA) is 86.2 Å². The molecule has 4 rings (SSSR count). The number of halogens is 1. The van der Waals surface area contributed by atoms with Crippen molar-refractivity contribution in [1.29, 1.82) is 0 Å². The number of esters is 1. The van der Waals surface area contributed by atoms with E-state index in [-0.39, 0.29) is 6.61 Å². The zero-order valence-corrected chi connectivity index (χ0v) is 20.4. The van der Waals surface area contributed by atoms with Gasteiger partial charge in [-0.25, -0.2) is 10.2 Å². The number of benzene rings is 4. The molecule has 0 spiro atoms. The van der Waals surface area contributed by atoms with Crippen molar-refractivity contribution in [1.82, 2.24) is 5.43 Å². The molecule has 1 N–H and O–H groups in total. The zero-order valence-electron chi connectivity index (χ0n) is 19.7. The minimum atomic E-state index is -0.486. The number of rotatable bonds is 10. The lowest BCUT2D eigenvalue weighted by atomic mass is 10.2. The first-order valence-corrected chi connectivity index (χ1v) is 11.7. The molecule has 0 saturated heterocycles. The average molecular weight is 515 g/mol. The van der Waals surface area contributed by atoms with E-state index in [1.807, 2.05) is 30.3 Å². The third-order valence-corrected chi connectivity index (χ3v) is 5.27. The number of carbonyl (C=O) groups is 2. The van der Waals surface area contributed by atoms with Gasteiger partial charge in [-0.15, -0.1) is 0 Å². The Morgan fingerprint density at radius 2 is 1.38 bits per heavy atom. The second kappa shape index (κ2) is 12.9. The van der Waals surface area contributed by atoms with Crippen molar-refractivity contribution < 1.29 is 23.8 Å². The van der Waals surface area contributed by atoms with E-state index in [0.717, 1.165) is 5.56 Å². The van der Waals surface area contributed by atoms with E-state index in [1.165, 1.54) is 6.21 Å². The van der Waals surface area contributed by atoms with Crippen molar-refractivity contribution >= 4 is 29.7 Å². The van der Waals surface area contributed by atoms with Crippen LogP contribution >= 0.6 is 11.6 Å². The number of hydrogen-bond donors (Lipinski definition) is 1. The molecule has 0 atom stereocenters. The van der Waals surface area contributed by atoms with E-state index in [2.05, 4.69) is 10.5 Å². The molecule has 0 aliphatic carbocycles. The molecule has 4 aromatic carbocycles. The van der Waals surface area contributed by atoms with Crippen molar-refractivity contribution in [2.24, 2.45) is 5.10 Å². The summed E-state index contributed by atoms with van der Waals surface area (Å²) < 4.78 is 16.6. The minimum Gasteiger partial charge on any atom is -0.489 e. The van der Waals surface area contributed by atoms with E-state index in [9.17, 15) is 9.59 Å². The third kappa shape index (κ3) is 8.23. The predicted molar refractivity (Wildman–Crippen MR) is 141 cm³/mol. The number of carbonyl (C=O) groups excluding carboxylic acids is 2. The highest BCUT2D eigenvalue weighted by atomic mass is 35.5. The number of amides is 1. The first kappa shape index (κ1) is 25.5. The molecule has 0 aliphatic heterocycles. The maximum Gasteiger partial charge on any atom is 0.343 e. The van der Waals surface area contributed by atoms with E-state index in [4.69, 9.17) is 25.8 Å². The van der Waals surface area contributed by atoms with Gasteiger partial charge in [0.05, 0.1) is 11.8 Å². The number of nitrogens with zero attached hydrogens (tertiary/aromatic N) is 1. The van der Waals surface area contributed by atoms with Gasteiger partial charge in [-0.2, -0.15) is 5.10 Å². The molecular formula is C29H23ClN2O5. The largest absolute Gasteiger partial charge is 0.489 e. The quantitative estimate of drug-likeness (QED) is 0.128. The summed E-state index contributed by atoms with van der Waals surface area (Å²) in [4.78, 5) is 24.2. The normalized spacial score (nSPS) is 10.6. The lowest BCUT2D eigenvalue weighted by molar-refractivity contribution is -0.123. The van der Waals surface area contributed by atoms with Crippen molar-refractivity contribution in [3.05, 3.63) is 125 Å². The number of hydrazone groups is 1. The zero-order chi connectivity index (χ0) is 25.9. The van der Waals surface area contributed by atoms with Crippen LogP contribution in [0, 0.1) is 0 Å². The van der Waals surface area contributed by atoms with Crippen LogP contribution in [0.15, 0.2) is 108 Å². The molecule has 37 heavy (non-hydrogen) atoms. The Balaban J connectivity index is 1.17. The molecule has 186 valence electrons. The Morgan fingerprint density at radius 3 is 2.05 bits per heavy atom. The van der Waals surface area contributed by atoms with Gasteiger partial charge in [0.2, 0.25) is 0 Å². The lowest BCUT2D eigenvalue weighted by Gasteiger charge is -2.08. The molecule has 0 bridgehead atoms. The summed E-state index contributed by atoms with van der Waals surface area (Å²) in [6, 6.07) is 30.0. The van der Waals surface area contributed by atoms with Crippen molar-refractivity contribution in [2.75, 3.05) is 6.61 Å². The molecule has 7 nitrogen and oxygen atoms in total. The van der Waals surface area contributed by atoms with Crippen LogP contribution in [0.1, 0.15) is 21.5 Å². The van der Waals surface area contributed by atoms with Gasteiger partial charge in [0.15, 0.2) is 6.61 Å². The summed E-state index contributed by atoms with van der Waals surface area (Å²) in [5.41, 5.74) is 4.59. The highest BCUT2D eigenvalue weighted by molar-refractivity contribution is 6.30. The van der Waals surface area contributed by atoms with Crippen molar-refractivity contribution in [3.8, 4) is 17.2 Å². The van der Waals surface area contributed by atoms with Crippen LogP contribution in [0.2, 0.25) is 5.02 Å². The highest BCUT2D eigenvalue weighted by Crippen LogP contribution is 2.19. The minimum absolute atomic E-state index is 0.193. The monoisotopic (exact) mass is 514 g/mol. The van der Waals surface area contributed by atoms with E-state index in [1.54, 1.807) is 72.8 Å². The maximum atomic E-state index is 12.2. The molecule has 0 radical (unpaired) electrons. The number of hydrogen-bond acceptors (Lipinski definition) is 6. The van der Waals surface area contributed by atoms with Crippen LogP contribution in [-0.4, -0.2) is 24.7 Å². The summed E-state index contributed by atoms with van der Waals surface area (Å²) in [5.74, 6) is 0.728. The fourth-order valence-electron chi connectivity index (χ4n) is 3.11. The molecule has 0 aromatic heterocycles. The van der Waals surface area contributed by atoms with Gasteiger partial charge in [-0.1, -0.05) is 41.9 Å². The van der Waals surface area contributed by atoms with E-state index < -0.39 is 11.9 Å². The second-order valence-corrected chi connectivity index (χ2v) is 8.23. The Bertz CT molecular complexity index is 1340. The molecule has 1 amide bonds. The van der Waals surface area contributed by atoms with Gasteiger partial charge >= 0.3 is 5.97 Å². The fraction of sp³-hybridized carbons (Fsp3) is 0.0690. The molecule has 0 aliphatic rings. The lowest BCUT2D eigenvalue weighted by Crippen LogP contribution is -2.24.